The summed E-state index contributed by atoms with van der Waals surface area (Å²) in [5.74, 6) is 1.90. The summed E-state index contributed by atoms with van der Waals surface area (Å²) in [5.41, 5.74) is 4.57. The molecule has 4 aliphatic rings. The number of benzene rings is 1. The van der Waals surface area contributed by atoms with Gasteiger partial charge in [0.25, 0.3) is 0 Å². The van der Waals surface area contributed by atoms with Crippen LogP contribution < -0.4 is 10.8 Å². The molecular formula is C21H28N2O3. The molecule has 0 heterocycles. The van der Waals surface area contributed by atoms with Gasteiger partial charge in [-0.05, 0) is 68.8 Å². The van der Waals surface area contributed by atoms with Gasteiger partial charge in [-0.25, -0.2) is 5.48 Å². The molecule has 5 rings (SSSR count). The van der Waals surface area contributed by atoms with Crippen LogP contribution >= 0.6 is 0 Å². The van der Waals surface area contributed by atoms with Gasteiger partial charge in [-0.3, -0.25) is 14.4 Å². The fourth-order valence-corrected chi connectivity index (χ4v) is 5.62. The normalized spacial score (nSPS) is 31.7. The van der Waals surface area contributed by atoms with Gasteiger partial charge in [0.2, 0.25) is 11.8 Å². The van der Waals surface area contributed by atoms with Gasteiger partial charge < -0.3 is 5.32 Å². The van der Waals surface area contributed by atoms with Crippen LogP contribution in [0.15, 0.2) is 24.3 Å². The molecule has 4 bridgehead atoms. The fraction of sp³-hybridized carbons (Fsp3) is 0.619. The van der Waals surface area contributed by atoms with Gasteiger partial charge >= 0.3 is 0 Å². The van der Waals surface area contributed by atoms with Gasteiger partial charge in [0, 0.05) is 6.54 Å². The molecule has 1 aromatic carbocycles. The van der Waals surface area contributed by atoms with E-state index in [0.29, 0.717) is 24.3 Å². The van der Waals surface area contributed by atoms with Crippen molar-refractivity contribution in [3.05, 3.63) is 35.4 Å². The first-order valence-corrected chi connectivity index (χ1v) is 9.77. The molecule has 5 heteroatoms. The Labute approximate surface area is 154 Å². The summed E-state index contributed by atoms with van der Waals surface area (Å²) in [6.07, 6.45) is 6.88. The molecule has 4 aliphatic carbocycles. The lowest BCUT2D eigenvalue weighted by Crippen LogP contribution is -2.53. The zero-order chi connectivity index (χ0) is 18.1. The first-order valence-electron chi connectivity index (χ1n) is 9.77. The molecule has 26 heavy (non-hydrogen) atoms. The van der Waals surface area contributed by atoms with Crippen LogP contribution in [-0.2, 0) is 21.0 Å². The lowest BCUT2D eigenvalue weighted by molar-refractivity contribution is -0.160. The standard InChI is InChI=1S/C21H28N2O3/c1-14-2-4-15(5-3-14)12-22-19(24)13-26-23-20(25)21-9-16-6-17(10-21)8-18(7-16)11-21/h2-5,16-18H,6-13H2,1H3,(H,22,24)(H,23,25). The average molecular weight is 356 g/mol. The second-order valence-corrected chi connectivity index (χ2v) is 8.68. The third-order valence-electron chi connectivity index (χ3n) is 6.50. The highest BCUT2D eigenvalue weighted by Crippen LogP contribution is 2.60. The number of hydrogen-bond acceptors (Lipinski definition) is 3. The monoisotopic (exact) mass is 356 g/mol. The fourth-order valence-electron chi connectivity index (χ4n) is 5.62. The van der Waals surface area contributed by atoms with Crippen molar-refractivity contribution in [3.63, 3.8) is 0 Å². The lowest BCUT2D eigenvalue weighted by Gasteiger charge is -2.55. The van der Waals surface area contributed by atoms with Crippen LogP contribution in [0, 0.1) is 30.1 Å². The highest BCUT2D eigenvalue weighted by Gasteiger charge is 2.54. The number of carbonyl (C=O) groups is 2. The molecule has 2 amide bonds. The summed E-state index contributed by atoms with van der Waals surface area (Å²) in [7, 11) is 0. The van der Waals surface area contributed by atoms with Crippen LogP contribution in [0.1, 0.15) is 49.7 Å². The molecule has 4 fully saturated rings. The van der Waals surface area contributed by atoms with Crippen molar-refractivity contribution < 1.29 is 14.4 Å². The average Bonchev–Trinajstić information content (AvgIpc) is 2.60. The van der Waals surface area contributed by atoms with Crippen molar-refractivity contribution in [3.8, 4) is 0 Å². The van der Waals surface area contributed by atoms with Gasteiger partial charge in [0.15, 0.2) is 6.61 Å². The van der Waals surface area contributed by atoms with E-state index in [9.17, 15) is 9.59 Å². The van der Waals surface area contributed by atoms with Crippen molar-refractivity contribution in [2.75, 3.05) is 6.61 Å². The quantitative estimate of drug-likeness (QED) is 0.770. The number of carbonyl (C=O) groups excluding carboxylic acids is 2. The Morgan fingerprint density at radius 3 is 2.19 bits per heavy atom. The van der Waals surface area contributed by atoms with E-state index >= 15 is 0 Å². The van der Waals surface area contributed by atoms with E-state index in [1.807, 2.05) is 31.2 Å². The second kappa shape index (κ2) is 7.03. The van der Waals surface area contributed by atoms with Crippen molar-refractivity contribution in [2.24, 2.45) is 23.2 Å². The maximum atomic E-state index is 12.7. The van der Waals surface area contributed by atoms with E-state index in [-0.39, 0.29) is 23.8 Å². The third kappa shape index (κ3) is 3.63. The summed E-state index contributed by atoms with van der Waals surface area (Å²) in [6, 6.07) is 8.02. The van der Waals surface area contributed by atoms with Gasteiger partial charge in [-0.1, -0.05) is 29.8 Å². The molecule has 2 N–H and O–H groups in total. The van der Waals surface area contributed by atoms with Gasteiger partial charge in [0.05, 0.1) is 5.41 Å². The Balaban J connectivity index is 1.21. The molecule has 140 valence electrons. The van der Waals surface area contributed by atoms with E-state index in [4.69, 9.17) is 4.84 Å². The largest absolute Gasteiger partial charge is 0.350 e. The van der Waals surface area contributed by atoms with Crippen LogP contribution in [-0.4, -0.2) is 18.4 Å². The van der Waals surface area contributed by atoms with Gasteiger partial charge in [-0.15, -0.1) is 0 Å². The summed E-state index contributed by atoms with van der Waals surface area (Å²) in [4.78, 5) is 29.9. The minimum absolute atomic E-state index is 0.0112. The van der Waals surface area contributed by atoms with Crippen molar-refractivity contribution in [1.82, 2.24) is 10.8 Å². The minimum Gasteiger partial charge on any atom is -0.350 e. The Hall–Kier alpha value is -1.88. The SMILES string of the molecule is Cc1ccc(CNC(=O)CONC(=O)C23CC4CC(CC(C4)C2)C3)cc1. The maximum absolute atomic E-state index is 12.7. The van der Waals surface area contributed by atoms with Crippen molar-refractivity contribution >= 4 is 11.8 Å². The summed E-state index contributed by atoms with van der Waals surface area (Å²) in [6.45, 7) is 2.35. The highest BCUT2D eigenvalue weighted by atomic mass is 16.7. The van der Waals surface area contributed by atoms with Crippen LogP contribution in [0.5, 0.6) is 0 Å². The minimum atomic E-state index is -0.243. The molecule has 0 aliphatic heterocycles. The molecule has 0 unspecified atom stereocenters. The Kier molecular flexibility index (Phi) is 4.74. The Morgan fingerprint density at radius 2 is 1.62 bits per heavy atom. The van der Waals surface area contributed by atoms with E-state index in [2.05, 4.69) is 10.8 Å². The molecule has 0 spiro atoms. The van der Waals surface area contributed by atoms with E-state index in [1.54, 1.807) is 0 Å². The summed E-state index contributed by atoms with van der Waals surface area (Å²) >= 11 is 0. The van der Waals surface area contributed by atoms with Crippen molar-refractivity contribution in [2.45, 2.75) is 52.0 Å². The third-order valence-corrected chi connectivity index (χ3v) is 6.50. The van der Waals surface area contributed by atoms with E-state index in [0.717, 1.165) is 24.8 Å². The molecular weight excluding hydrogens is 328 g/mol. The van der Waals surface area contributed by atoms with Crippen molar-refractivity contribution in [1.29, 1.82) is 0 Å². The number of rotatable bonds is 6. The summed E-state index contributed by atoms with van der Waals surface area (Å²) < 4.78 is 0. The van der Waals surface area contributed by atoms with Crippen LogP contribution in [0.25, 0.3) is 0 Å². The topological polar surface area (TPSA) is 67.4 Å². The smallest absolute Gasteiger partial charge is 0.249 e. The van der Waals surface area contributed by atoms with Crippen LogP contribution in [0.2, 0.25) is 0 Å². The van der Waals surface area contributed by atoms with Gasteiger partial charge in [-0.2, -0.15) is 0 Å². The molecule has 0 atom stereocenters. The number of nitrogens with one attached hydrogen (secondary N) is 2. The van der Waals surface area contributed by atoms with E-state index < -0.39 is 0 Å². The Bertz CT molecular complexity index is 648. The van der Waals surface area contributed by atoms with Crippen LogP contribution in [0.3, 0.4) is 0 Å². The van der Waals surface area contributed by atoms with Crippen LogP contribution in [0.4, 0.5) is 0 Å². The number of aryl methyl sites for hydroxylation is 1. The summed E-state index contributed by atoms with van der Waals surface area (Å²) in [5, 5.41) is 2.81. The number of amides is 2. The first-order chi connectivity index (χ1) is 12.5. The molecule has 0 saturated heterocycles. The second-order valence-electron chi connectivity index (χ2n) is 8.68. The number of hydroxylamine groups is 1. The van der Waals surface area contributed by atoms with E-state index in [1.165, 1.54) is 24.8 Å². The predicted octanol–water partition coefficient (Wildman–Crippen LogP) is 2.88. The number of hydrogen-bond donors (Lipinski definition) is 2. The molecule has 0 radical (unpaired) electrons. The molecule has 0 aromatic heterocycles. The maximum Gasteiger partial charge on any atom is 0.249 e. The Morgan fingerprint density at radius 1 is 1.04 bits per heavy atom. The first kappa shape index (κ1) is 17.5. The predicted molar refractivity (Wildman–Crippen MR) is 97.7 cm³/mol. The zero-order valence-electron chi connectivity index (χ0n) is 15.4. The highest BCUT2D eigenvalue weighted by molar-refractivity contribution is 5.83. The molecule has 4 saturated carbocycles. The van der Waals surface area contributed by atoms with Gasteiger partial charge in [0.1, 0.15) is 0 Å². The molecule has 1 aromatic rings. The zero-order valence-corrected chi connectivity index (χ0v) is 15.4. The molecule has 5 nitrogen and oxygen atoms in total. The lowest BCUT2D eigenvalue weighted by atomic mass is 9.49.